The zero-order valence-electron chi connectivity index (χ0n) is 10.4. The first kappa shape index (κ1) is 14.2. The summed E-state index contributed by atoms with van der Waals surface area (Å²) in [6, 6.07) is 5.16. The first-order valence-corrected chi connectivity index (χ1v) is 6.00. The second-order valence-electron chi connectivity index (χ2n) is 3.82. The van der Waals surface area contributed by atoms with E-state index < -0.39 is 17.5 Å². The molecular formula is C13H10ClF2N3O. The van der Waals surface area contributed by atoms with Gasteiger partial charge in [-0.05, 0) is 18.2 Å². The van der Waals surface area contributed by atoms with Gasteiger partial charge in [0.1, 0.15) is 5.82 Å². The Morgan fingerprint density at radius 1 is 1.30 bits per heavy atom. The lowest BCUT2D eigenvalue weighted by atomic mass is 10.2. The third-order valence-electron chi connectivity index (χ3n) is 2.57. The van der Waals surface area contributed by atoms with E-state index in [-0.39, 0.29) is 22.1 Å². The molecule has 1 aromatic heterocycles. The van der Waals surface area contributed by atoms with Crippen LogP contribution in [-0.2, 0) is 0 Å². The van der Waals surface area contributed by atoms with Crippen LogP contribution in [0.15, 0.2) is 30.5 Å². The van der Waals surface area contributed by atoms with Crippen molar-refractivity contribution in [1.82, 2.24) is 4.98 Å². The fourth-order valence-corrected chi connectivity index (χ4v) is 1.80. The quantitative estimate of drug-likeness (QED) is 0.914. The van der Waals surface area contributed by atoms with Gasteiger partial charge in [-0.1, -0.05) is 17.7 Å². The number of halogens is 3. The predicted molar refractivity (Wildman–Crippen MR) is 73.1 cm³/mol. The number of nitrogens with one attached hydrogen (secondary N) is 2. The number of hydrogen-bond acceptors (Lipinski definition) is 3. The summed E-state index contributed by atoms with van der Waals surface area (Å²) < 4.78 is 27.5. The maximum Gasteiger partial charge on any atom is 0.258 e. The molecule has 0 aliphatic heterocycles. The van der Waals surface area contributed by atoms with Crippen LogP contribution in [0.5, 0.6) is 0 Å². The summed E-state index contributed by atoms with van der Waals surface area (Å²) in [7, 11) is 1.47. The Morgan fingerprint density at radius 3 is 2.70 bits per heavy atom. The monoisotopic (exact) mass is 297 g/mol. The molecule has 104 valence electrons. The Kier molecular flexibility index (Phi) is 4.14. The average Bonchev–Trinajstić information content (AvgIpc) is 2.43. The SMILES string of the molecule is CNc1nccc(C(=O)Nc2c(F)cccc2Cl)c1F. The maximum atomic E-state index is 13.9. The van der Waals surface area contributed by atoms with Crippen LogP contribution in [0.3, 0.4) is 0 Å². The minimum absolute atomic E-state index is 0.0293. The number of aromatic nitrogens is 1. The zero-order valence-corrected chi connectivity index (χ0v) is 11.1. The van der Waals surface area contributed by atoms with Gasteiger partial charge < -0.3 is 10.6 Å². The Morgan fingerprint density at radius 2 is 2.05 bits per heavy atom. The van der Waals surface area contributed by atoms with Gasteiger partial charge in [-0.15, -0.1) is 0 Å². The van der Waals surface area contributed by atoms with Crippen molar-refractivity contribution < 1.29 is 13.6 Å². The molecule has 0 aliphatic rings. The molecular weight excluding hydrogens is 288 g/mol. The molecule has 1 amide bonds. The summed E-state index contributed by atoms with van der Waals surface area (Å²) in [5.41, 5.74) is -0.454. The van der Waals surface area contributed by atoms with E-state index in [9.17, 15) is 13.6 Å². The fourth-order valence-electron chi connectivity index (χ4n) is 1.59. The van der Waals surface area contributed by atoms with Crippen LogP contribution in [0.4, 0.5) is 20.3 Å². The number of rotatable bonds is 3. The molecule has 0 aliphatic carbocycles. The van der Waals surface area contributed by atoms with E-state index in [4.69, 9.17) is 11.6 Å². The molecule has 1 heterocycles. The predicted octanol–water partition coefficient (Wildman–Crippen LogP) is 3.31. The molecule has 0 fully saturated rings. The second kappa shape index (κ2) is 5.83. The highest BCUT2D eigenvalue weighted by Gasteiger charge is 2.18. The molecule has 0 saturated carbocycles. The smallest absolute Gasteiger partial charge is 0.258 e. The number of carbonyl (C=O) groups excluding carboxylic acids is 1. The summed E-state index contributed by atoms with van der Waals surface area (Å²) >= 11 is 5.79. The third-order valence-corrected chi connectivity index (χ3v) is 2.89. The number of nitrogens with zero attached hydrogens (tertiary/aromatic N) is 1. The summed E-state index contributed by atoms with van der Waals surface area (Å²) in [5.74, 6) is -2.40. The molecule has 2 rings (SSSR count). The number of anilines is 2. The molecule has 1 aromatic carbocycles. The topological polar surface area (TPSA) is 54.0 Å². The van der Waals surface area contributed by atoms with Crippen LogP contribution in [0.1, 0.15) is 10.4 Å². The summed E-state index contributed by atoms with van der Waals surface area (Å²) in [5, 5.41) is 4.79. The largest absolute Gasteiger partial charge is 0.371 e. The molecule has 0 spiro atoms. The molecule has 0 unspecified atom stereocenters. The van der Waals surface area contributed by atoms with Crippen molar-refractivity contribution in [3.05, 3.63) is 52.7 Å². The van der Waals surface area contributed by atoms with Gasteiger partial charge in [0.25, 0.3) is 5.91 Å². The van der Waals surface area contributed by atoms with Crippen LogP contribution < -0.4 is 10.6 Å². The fraction of sp³-hybridized carbons (Fsp3) is 0.0769. The molecule has 20 heavy (non-hydrogen) atoms. The lowest BCUT2D eigenvalue weighted by Gasteiger charge is -2.10. The summed E-state index contributed by atoms with van der Waals surface area (Å²) in [4.78, 5) is 15.7. The highest BCUT2D eigenvalue weighted by molar-refractivity contribution is 6.34. The molecule has 2 aromatic rings. The van der Waals surface area contributed by atoms with Gasteiger partial charge in [0.05, 0.1) is 16.3 Å². The van der Waals surface area contributed by atoms with Gasteiger partial charge in [-0.25, -0.2) is 13.8 Å². The Labute approximate surface area is 118 Å². The lowest BCUT2D eigenvalue weighted by molar-refractivity contribution is 0.102. The molecule has 0 radical (unpaired) electrons. The molecule has 0 atom stereocenters. The van der Waals surface area contributed by atoms with E-state index in [2.05, 4.69) is 15.6 Å². The van der Waals surface area contributed by atoms with Crippen LogP contribution in [0.2, 0.25) is 5.02 Å². The highest BCUT2D eigenvalue weighted by atomic mass is 35.5. The van der Waals surface area contributed by atoms with Crippen LogP contribution in [0, 0.1) is 11.6 Å². The molecule has 7 heteroatoms. The van der Waals surface area contributed by atoms with Crippen molar-refractivity contribution in [2.24, 2.45) is 0 Å². The lowest BCUT2D eigenvalue weighted by Crippen LogP contribution is -2.16. The normalized spacial score (nSPS) is 10.2. The van der Waals surface area contributed by atoms with Gasteiger partial charge in [-0.3, -0.25) is 4.79 Å². The van der Waals surface area contributed by atoms with Crippen molar-refractivity contribution >= 4 is 29.0 Å². The minimum Gasteiger partial charge on any atom is -0.371 e. The zero-order chi connectivity index (χ0) is 14.7. The van der Waals surface area contributed by atoms with Gasteiger partial charge in [0.15, 0.2) is 11.6 Å². The Bertz CT molecular complexity index is 644. The van der Waals surface area contributed by atoms with E-state index in [1.54, 1.807) is 0 Å². The third kappa shape index (κ3) is 2.70. The summed E-state index contributed by atoms with van der Waals surface area (Å²) in [6.45, 7) is 0. The van der Waals surface area contributed by atoms with Crippen molar-refractivity contribution in [2.45, 2.75) is 0 Å². The second-order valence-corrected chi connectivity index (χ2v) is 4.23. The van der Waals surface area contributed by atoms with Gasteiger partial charge in [0.2, 0.25) is 0 Å². The number of para-hydroxylation sites is 1. The molecule has 0 bridgehead atoms. The molecule has 2 N–H and O–H groups in total. The van der Waals surface area contributed by atoms with Gasteiger partial charge in [-0.2, -0.15) is 0 Å². The van der Waals surface area contributed by atoms with Crippen molar-refractivity contribution in [3.8, 4) is 0 Å². The summed E-state index contributed by atoms with van der Waals surface area (Å²) in [6.07, 6.45) is 1.27. The standard InChI is InChI=1S/C13H10ClF2N3O/c1-17-12-10(16)7(5-6-18-12)13(20)19-11-8(14)3-2-4-9(11)15/h2-6H,1H3,(H,17,18)(H,19,20). The first-order valence-electron chi connectivity index (χ1n) is 5.62. The number of hydrogen-bond donors (Lipinski definition) is 2. The number of amides is 1. The van der Waals surface area contributed by atoms with Crippen molar-refractivity contribution in [3.63, 3.8) is 0 Å². The van der Waals surface area contributed by atoms with Crippen LogP contribution >= 0.6 is 11.6 Å². The molecule has 4 nitrogen and oxygen atoms in total. The van der Waals surface area contributed by atoms with E-state index in [1.807, 2.05) is 0 Å². The van der Waals surface area contributed by atoms with E-state index in [1.165, 1.54) is 31.4 Å². The van der Waals surface area contributed by atoms with Gasteiger partial charge in [0, 0.05) is 13.2 Å². The number of benzene rings is 1. The van der Waals surface area contributed by atoms with E-state index >= 15 is 0 Å². The van der Waals surface area contributed by atoms with Crippen LogP contribution in [-0.4, -0.2) is 17.9 Å². The first-order chi connectivity index (χ1) is 9.54. The van der Waals surface area contributed by atoms with Crippen LogP contribution in [0.25, 0.3) is 0 Å². The maximum absolute atomic E-state index is 13.9. The minimum atomic E-state index is -0.819. The van der Waals surface area contributed by atoms with Crippen molar-refractivity contribution in [2.75, 3.05) is 17.7 Å². The number of carbonyl (C=O) groups is 1. The van der Waals surface area contributed by atoms with E-state index in [0.717, 1.165) is 6.07 Å². The van der Waals surface area contributed by atoms with Crippen molar-refractivity contribution in [1.29, 1.82) is 0 Å². The average molecular weight is 298 g/mol. The Balaban J connectivity index is 2.34. The number of pyridine rings is 1. The highest BCUT2D eigenvalue weighted by Crippen LogP contribution is 2.25. The van der Waals surface area contributed by atoms with E-state index in [0.29, 0.717) is 0 Å². The Hall–Kier alpha value is -2.21. The van der Waals surface area contributed by atoms with Gasteiger partial charge >= 0.3 is 0 Å². The molecule has 0 saturated heterocycles.